The van der Waals surface area contributed by atoms with Gasteiger partial charge >= 0.3 is 0 Å². The molecule has 0 saturated heterocycles. The van der Waals surface area contributed by atoms with E-state index >= 15 is 0 Å². The van der Waals surface area contributed by atoms with Gasteiger partial charge in [-0.25, -0.2) is 4.39 Å². The Morgan fingerprint density at radius 1 is 1.00 bits per heavy atom. The Balaban J connectivity index is 2.01. The SMILES string of the molecule is CCCCCCCCNCCC(=O)c1ccc(F)cc1. The van der Waals surface area contributed by atoms with Crippen molar-refractivity contribution >= 4 is 5.78 Å². The summed E-state index contributed by atoms with van der Waals surface area (Å²) >= 11 is 0. The molecule has 112 valence electrons. The Kier molecular flexibility index (Phi) is 8.88. The first-order valence-electron chi connectivity index (χ1n) is 7.73. The molecule has 1 rings (SSSR count). The molecule has 0 heterocycles. The normalized spacial score (nSPS) is 10.7. The van der Waals surface area contributed by atoms with Gasteiger partial charge in [0, 0.05) is 18.5 Å². The van der Waals surface area contributed by atoms with Gasteiger partial charge in [-0.15, -0.1) is 0 Å². The van der Waals surface area contributed by atoms with Crippen molar-refractivity contribution in [2.45, 2.75) is 51.9 Å². The molecule has 0 unspecified atom stereocenters. The van der Waals surface area contributed by atoms with Crippen LogP contribution in [0.4, 0.5) is 4.39 Å². The summed E-state index contributed by atoms with van der Waals surface area (Å²) in [4.78, 5) is 11.8. The van der Waals surface area contributed by atoms with Crippen molar-refractivity contribution in [2.24, 2.45) is 0 Å². The van der Waals surface area contributed by atoms with Gasteiger partial charge in [0.15, 0.2) is 5.78 Å². The predicted octanol–water partition coefficient (Wildman–Crippen LogP) is 4.35. The van der Waals surface area contributed by atoms with E-state index in [0.717, 1.165) is 6.54 Å². The summed E-state index contributed by atoms with van der Waals surface area (Å²) in [5.74, 6) is -0.233. The van der Waals surface area contributed by atoms with Crippen LogP contribution >= 0.6 is 0 Å². The second kappa shape index (κ2) is 10.6. The summed E-state index contributed by atoms with van der Waals surface area (Å²) < 4.78 is 12.7. The number of ketones is 1. The molecule has 0 fully saturated rings. The molecule has 0 aliphatic heterocycles. The largest absolute Gasteiger partial charge is 0.316 e. The number of unbranched alkanes of at least 4 members (excludes halogenated alkanes) is 5. The molecule has 0 aliphatic carbocycles. The minimum absolute atomic E-state index is 0.0699. The van der Waals surface area contributed by atoms with Crippen molar-refractivity contribution in [1.82, 2.24) is 5.32 Å². The first-order valence-corrected chi connectivity index (χ1v) is 7.73. The highest BCUT2D eigenvalue weighted by Gasteiger charge is 2.04. The number of hydrogen-bond acceptors (Lipinski definition) is 2. The molecule has 1 aromatic carbocycles. The molecule has 1 N–H and O–H groups in total. The first kappa shape index (κ1) is 16.8. The van der Waals surface area contributed by atoms with Crippen molar-refractivity contribution in [3.05, 3.63) is 35.6 Å². The smallest absolute Gasteiger partial charge is 0.164 e. The lowest BCUT2D eigenvalue weighted by atomic mass is 10.1. The number of carbonyl (C=O) groups is 1. The van der Waals surface area contributed by atoms with Crippen molar-refractivity contribution in [3.8, 4) is 0 Å². The van der Waals surface area contributed by atoms with E-state index < -0.39 is 0 Å². The maximum atomic E-state index is 12.7. The van der Waals surface area contributed by atoms with E-state index in [0.29, 0.717) is 18.5 Å². The Labute approximate surface area is 121 Å². The van der Waals surface area contributed by atoms with Crippen LogP contribution in [0.15, 0.2) is 24.3 Å². The first-order chi connectivity index (χ1) is 9.74. The number of benzene rings is 1. The summed E-state index contributed by atoms with van der Waals surface area (Å²) in [6.45, 7) is 3.90. The van der Waals surface area contributed by atoms with Crippen LogP contribution in [-0.4, -0.2) is 18.9 Å². The van der Waals surface area contributed by atoms with E-state index in [1.807, 2.05) is 0 Å². The highest BCUT2D eigenvalue weighted by atomic mass is 19.1. The average molecular weight is 279 g/mol. The molecule has 0 bridgehead atoms. The summed E-state index contributed by atoms with van der Waals surface area (Å²) in [5.41, 5.74) is 0.591. The van der Waals surface area contributed by atoms with E-state index in [1.165, 1.54) is 50.7 Å². The second-order valence-corrected chi connectivity index (χ2v) is 5.20. The number of Topliss-reactive ketones (excluding diaryl/α,β-unsaturated/α-hetero) is 1. The Bertz CT molecular complexity index is 375. The molecular formula is C17H26FNO. The molecular weight excluding hydrogens is 253 g/mol. The summed E-state index contributed by atoms with van der Waals surface area (Å²) in [5, 5.41) is 3.29. The minimum atomic E-state index is -0.303. The quantitative estimate of drug-likeness (QED) is 0.482. The molecule has 0 aliphatic rings. The Morgan fingerprint density at radius 3 is 2.35 bits per heavy atom. The molecule has 0 spiro atoms. The third-order valence-corrected chi connectivity index (χ3v) is 3.40. The van der Waals surface area contributed by atoms with E-state index in [1.54, 1.807) is 12.1 Å². The van der Waals surface area contributed by atoms with E-state index in [9.17, 15) is 9.18 Å². The van der Waals surface area contributed by atoms with Gasteiger partial charge in [0.25, 0.3) is 0 Å². The number of hydrogen-bond donors (Lipinski definition) is 1. The topological polar surface area (TPSA) is 29.1 Å². The molecule has 0 atom stereocenters. The van der Waals surface area contributed by atoms with Crippen molar-refractivity contribution in [2.75, 3.05) is 13.1 Å². The van der Waals surface area contributed by atoms with Gasteiger partial charge in [-0.2, -0.15) is 0 Å². The van der Waals surface area contributed by atoms with Crippen LogP contribution in [0.1, 0.15) is 62.2 Å². The lowest BCUT2D eigenvalue weighted by Crippen LogP contribution is -2.19. The van der Waals surface area contributed by atoms with Gasteiger partial charge < -0.3 is 5.32 Å². The van der Waals surface area contributed by atoms with E-state index in [4.69, 9.17) is 0 Å². The highest BCUT2D eigenvalue weighted by Crippen LogP contribution is 2.06. The van der Waals surface area contributed by atoms with Crippen LogP contribution in [0.2, 0.25) is 0 Å². The van der Waals surface area contributed by atoms with Crippen LogP contribution in [-0.2, 0) is 0 Å². The maximum absolute atomic E-state index is 12.7. The highest BCUT2D eigenvalue weighted by molar-refractivity contribution is 5.96. The number of rotatable bonds is 11. The van der Waals surface area contributed by atoms with Crippen molar-refractivity contribution in [3.63, 3.8) is 0 Å². The average Bonchev–Trinajstić information content (AvgIpc) is 2.46. The molecule has 2 nitrogen and oxygen atoms in total. The fraction of sp³-hybridized carbons (Fsp3) is 0.588. The van der Waals surface area contributed by atoms with Gasteiger partial charge in [0.05, 0.1) is 0 Å². The lowest BCUT2D eigenvalue weighted by molar-refractivity contribution is 0.0982. The predicted molar refractivity (Wildman–Crippen MR) is 81.6 cm³/mol. The summed E-state index contributed by atoms with van der Waals surface area (Å²) in [6, 6.07) is 5.75. The van der Waals surface area contributed by atoms with Crippen LogP contribution in [0.3, 0.4) is 0 Å². The van der Waals surface area contributed by atoms with E-state index in [-0.39, 0.29) is 11.6 Å². The van der Waals surface area contributed by atoms with Crippen LogP contribution in [0, 0.1) is 5.82 Å². The van der Waals surface area contributed by atoms with Gasteiger partial charge in [-0.05, 0) is 37.2 Å². The molecule has 0 amide bonds. The second-order valence-electron chi connectivity index (χ2n) is 5.20. The number of carbonyl (C=O) groups excluding carboxylic acids is 1. The molecule has 3 heteroatoms. The molecule has 0 saturated carbocycles. The molecule has 0 aromatic heterocycles. The molecule has 1 aromatic rings. The minimum Gasteiger partial charge on any atom is -0.316 e. The zero-order chi connectivity index (χ0) is 14.6. The van der Waals surface area contributed by atoms with Crippen molar-refractivity contribution in [1.29, 1.82) is 0 Å². The maximum Gasteiger partial charge on any atom is 0.164 e. The fourth-order valence-corrected chi connectivity index (χ4v) is 2.14. The fourth-order valence-electron chi connectivity index (χ4n) is 2.14. The van der Waals surface area contributed by atoms with Crippen molar-refractivity contribution < 1.29 is 9.18 Å². The Morgan fingerprint density at radius 2 is 1.65 bits per heavy atom. The lowest BCUT2D eigenvalue weighted by Gasteiger charge is -2.05. The van der Waals surface area contributed by atoms with Gasteiger partial charge in [-0.1, -0.05) is 39.0 Å². The van der Waals surface area contributed by atoms with Gasteiger partial charge in [-0.3, -0.25) is 4.79 Å². The van der Waals surface area contributed by atoms with Gasteiger partial charge in [0.1, 0.15) is 5.82 Å². The van der Waals surface area contributed by atoms with Crippen LogP contribution in [0.25, 0.3) is 0 Å². The third-order valence-electron chi connectivity index (χ3n) is 3.40. The summed E-state index contributed by atoms with van der Waals surface area (Å²) in [6.07, 6.45) is 8.17. The number of halogens is 1. The molecule has 0 radical (unpaired) electrons. The third kappa shape index (κ3) is 7.39. The van der Waals surface area contributed by atoms with E-state index in [2.05, 4.69) is 12.2 Å². The number of nitrogens with one attached hydrogen (secondary N) is 1. The van der Waals surface area contributed by atoms with Crippen LogP contribution in [0.5, 0.6) is 0 Å². The zero-order valence-corrected chi connectivity index (χ0v) is 12.5. The monoisotopic (exact) mass is 279 g/mol. The van der Waals surface area contributed by atoms with Gasteiger partial charge in [0.2, 0.25) is 0 Å². The Hall–Kier alpha value is -1.22. The summed E-state index contributed by atoms with van der Waals surface area (Å²) in [7, 11) is 0. The molecule has 20 heavy (non-hydrogen) atoms. The zero-order valence-electron chi connectivity index (χ0n) is 12.5. The van der Waals surface area contributed by atoms with Crippen LogP contribution < -0.4 is 5.32 Å². The standard InChI is InChI=1S/C17H26FNO/c1-2-3-4-5-6-7-13-19-14-12-17(20)15-8-10-16(18)11-9-15/h8-11,19H,2-7,12-14H2,1H3.